The molecule has 1 N–H and O–H groups in total. The van der Waals surface area contributed by atoms with Gasteiger partial charge in [0.2, 0.25) is 0 Å². The third-order valence-corrected chi connectivity index (χ3v) is 8.05. The van der Waals surface area contributed by atoms with Gasteiger partial charge < -0.3 is 29.2 Å². The molecule has 2 rings (SSSR count). The van der Waals surface area contributed by atoms with Crippen molar-refractivity contribution < 1.29 is 28.5 Å². The highest BCUT2D eigenvalue weighted by Gasteiger charge is 2.15. The maximum absolute atomic E-state index is 12.6. The van der Waals surface area contributed by atoms with Crippen LogP contribution in [-0.2, 0) is 37.0 Å². The van der Waals surface area contributed by atoms with Crippen LogP contribution in [0, 0.1) is 6.92 Å². The molecule has 8 nitrogen and oxygen atoms in total. The molecule has 1 aromatic rings. The second-order valence-electron chi connectivity index (χ2n) is 12.3. The van der Waals surface area contributed by atoms with E-state index >= 15 is 0 Å². The molecule has 1 fully saturated rings. The summed E-state index contributed by atoms with van der Waals surface area (Å²) in [4.78, 5) is 27.1. The molecule has 1 saturated heterocycles. The lowest BCUT2D eigenvalue weighted by Gasteiger charge is -2.18. The molecule has 1 amide bonds. The fraction of sp³-hybridized carbons (Fsp3) is 0.778. The number of nitrogens with zero attached hydrogens (tertiary/aromatic N) is 1. The van der Waals surface area contributed by atoms with Crippen LogP contribution in [0.1, 0.15) is 133 Å². The second-order valence-corrected chi connectivity index (χ2v) is 12.3. The summed E-state index contributed by atoms with van der Waals surface area (Å²) in [5.74, 6) is -0.266. The number of unbranched alkanes of at least 4 members (excludes halogenated alkanes) is 10. The lowest BCUT2D eigenvalue weighted by atomic mass is 10.1. The smallest absolute Gasteiger partial charge is 0.407 e. The van der Waals surface area contributed by atoms with Crippen molar-refractivity contribution in [3.63, 3.8) is 0 Å². The lowest BCUT2D eigenvalue weighted by Crippen LogP contribution is -2.33. The Bertz CT molecular complexity index is 871. The van der Waals surface area contributed by atoms with Crippen LogP contribution in [0.3, 0.4) is 0 Å². The number of aryl methyl sites for hydroxylation is 1. The van der Waals surface area contributed by atoms with E-state index in [-0.39, 0.29) is 31.9 Å². The summed E-state index contributed by atoms with van der Waals surface area (Å²) >= 11 is 0. The third-order valence-electron chi connectivity index (χ3n) is 8.05. The first-order valence-corrected chi connectivity index (χ1v) is 17.6. The van der Waals surface area contributed by atoms with E-state index in [4.69, 9.17) is 18.9 Å². The molecule has 1 aliphatic heterocycles. The number of amides is 1. The van der Waals surface area contributed by atoms with Gasteiger partial charge in [-0.3, -0.25) is 4.79 Å². The van der Waals surface area contributed by atoms with Crippen LogP contribution >= 0.6 is 0 Å². The SMILES string of the molecule is CCCCCCCCOC(CCC(=O)OCc1cc(C)cc(COC(=O)NCCN2CCCC2)c1)OCCCCCCCC. The predicted molar refractivity (Wildman–Crippen MR) is 177 cm³/mol. The van der Waals surface area contributed by atoms with E-state index in [2.05, 4.69) is 24.1 Å². The first-order valence-electron chi connectivity index (χ1n) is 17.6. The topological polar surface area (TPSA) is 86.3 Å². The van der Waals surface area contributed by atoms with Gasteiger partial charge in [0.15, 0.2) is 6.29 Å². The number of carbonyl (C=O) groups excluding carboxylic acids is 2. The highest BCUT2D eigenvalue weighted by Crippen LogP contribution is 2.15. The van der Waals surface area contributed by atoms with Gasteiger partial charge in [-0.1, -0.05) is 95.8 Å². The van der Waals surface area contributed by atoms with Crippen molar-refractivity contribution in [1.82, 2.24) is 10.2 Å². The molecule has 0 saturated carbocycles. The zero-order valence-electron chi connectivity index (χ0n) is 28.2. The average molecular weight is 619 g/mol. The molecule has 0 bridgehead atoms. The van der Waals surface area contributed by atoms with Crippen molar-refractivity contribution in [2.75, 3.05) is 39.4 Å². The Labute approximate surface area is 267 Å². The van der Waals surface area contributed by atoms with Gasteiger partial charge in [0.05, 0.1) is 6.42 Å². The number of benzene rings is 1. The summed E-state index contributed by atoms with van der Waals surface area (Å²) in [7, 11) is 0. The van der Waals surface area contributed by atoms with E-state index in [1.807, 2.05) is 25.1 Å². The number of hydrogen-bond donors (Lipinski definition) is 1. The summed E-state index contributed by atoms with van der Waals surface area (Å²) in [5.41, 5.74) is 2.77. The largest absolute Gasteiger partial charge is 0.461 e. The van der Waals surface area contributed by atoms with E-state index in [9.17, 15) is 9.59 Å². The van der Waals surface area contributed by atoms with Gasteiger partial charge >= 0.3 is 12.1 Å². The number of likely N-dealkylation sites (tertiary alicyclic amines) is 1. The van der Waals surface area contributed by atoms with Crippen molar-refractivity contribution in [2.24, 2.45) is 0 Å². The highest BCUT2D eigenvalue weighted by molar-refractivity contribution is 5.69. The van der Waals surface area contributed by atoms with Crippen molar-refractivity contribution in [1.29, 1.82) is 0 Å². The number of ether oxygens (including phenoxy) is 4. The van der Waals surface area contributed by atoms with E-state index in [1.165, 1.54) is 77.0 Å². The molecule has 0 aromatic heterocycles. The normalized spacial score (nSPS) is 13.5. The molecule has 0 radical (unpaired) electrons. The number of nitrogens with one attached hydrogen (secondary N) is 1. The Balaban J connectivity index is 1.70. The van der Waals surface area contributed by atoms with E-state index < -0.39 is 6.09 Å². The Morgan fingerprint density at radius 2 is 1.32 bits per heavy atom. The molecule has 0 atom stereocenters. The number of esters is 1. The summed E-state index contributed by atoms with van der Waals surface area (Å²) in [6.45, 7) is 11.8. The van der Waals surface area contributed by atoms with Gasteiger partial charge in [-0.15, -0.1) is 0 Å². The standard InChI is InChI=1S/C36H62N2O6/c1-4-6-8-10-12-16-24-41-35(42-25-17-13-11-9-7-5-2)19-18-34(39)43-29-32-26-31(3)27-33(28-32)30-44-36(40)37-20-23-38-21-14-15-22-38/h26-28,35H,4-25,29-30H2,1-3H3,(H,37,40). The Morgan fingerprint density at radius 3 is 1.91 bits per heavy atom. The van der Waals surface area contributed by atoms with Gasteiger partial charge in [-0.05, 0) is 62.9 Å². The van der Waals surface area contributed by atoms with Crippen molar-refractivity contribution >= 4 is 12.1 Å². The van der Waals surface area contributed by atoms with Crippen LogP contribution in [0.25, 0.3) is 0 Å². The third kappa shape index (κ3) is 19.3. The zero-order chi connectivity index (χ0) is 31.7. The maximum Gasteiger partial charge on any atom is 0.407 e. The van der Waals surface area contributed by atoms with Gasteiger partial charge in [0.1, 0.15) is 13.2 Å². The lowest BCUT2D eigenvalue weighted by molar-refractivity contribution is -0.160. The average Bonchev–Trinajstić information content (AvgIpc) is 3.53. The number of carbonyl (C=O) groups is 2. The van der Waals surface area contributed by atoms with Crippen LogP contribution in [0.15, 0.2) is 18.2 Å². The Hall–Kier alpha value is -2.16. The number of rotatable bonds is 26. The van der Waals surface area contributed by atoms with Crippen LogP contribution in [0.5, 0.6) is 0 Å². The first kappa shape index (κ1) is 38.0. The van der Waals surface area contributed by atoms with Gasteiger partial charge in [-0.2, -0.15) is 0 Å². The molecule has 8 heteroatoms. The quantitative estimate of drug-likeness (QED) is 0.0636. The fourth-order valence-electron chi connectivity index (χ4n) is 5.52. The molecule has 0 aliphatic carbocycles. The minimum atomic E-state index is -0.411. The van der Waals surface area contributed by atoms with Crippen LogP contribution < -0.4 is 5.32 Å². The van der Waals surface area contributed by atoms with E-state index in [0.717, 1.165) is 49.2 Å². The van der Waals surface area contributed by atoms with Crippen LogP contribution in [0.4, 0.5) is 4.79 Å². The summed E-state index contributed by atoms with van der Waals surface area (Å²) in [6, 6.07) is 5.90. The predicted octanol–water partition coefficient (Wildman–Crippen LogP) is 8.22. The Kier molecular flexibility index (Phi) is 21.7. The molecular weight excluding hydrogens is 556 g/mol. The zero-order valence-corrected chi connectivity index (χ0v) is 28.2. The fourth-order valence-corrected chi connectivity index (χ4v) is 5.52. The molecule has 0 spiro atoms. The van der Waals surface area contributed by atoms with Crippen LogP contribution in [-0.4, -0.2) is 62.6 Å². The van der Waals surface area contributed by atoms with E-state index in [1.54, 1.807) is 0 Å². The summed E-state index contributed by atoms with van der Waals surface area (Å²) in [5, 5.41) is 2.83. The number of alkyl carbamates (subject to hydrolysis) is 1. The van der Waals surface area contributed by atoms with Crippen molar-refractivity contribution in [3.05, 3.63) is 34.9 Å². The van der Waals surface area contributed by atoms with Crippen LogP contribution in [0.2, 0.25) is 0 Å². The molecular formula is C36H62N2O6. The maximum atomic E-state index is 12.6. The highest BCUT2D eigenvalue weighted by atomic mass is 16.7. The summed E-state index contributed by atoms with van der Waals surface area (Å²) in [6.07, 6.45) is 16.9. The van der Waals surface area contributed by atoms with Crippen molar-refractivity contribution in [3.8, 4) is 0 Å². The monoisotopic (exact) mass is 618 g/mol. The molecule has 44 heavy (non-hydrogen) atoms. The second kappa shape index (κ2) is 25.1. The number of hydrogen-bond acceptors (Lipinski definition) is 7. The molecule has 1 aliphatic rings. The van der Waals surface area contributed by atoms with Gasteiger partial charge in [0.25, 0.3) is 0 Å². The molecule has 252 valence electrons. The van der Waals surface area contributed by atoms with Gasteiger partial charge in [-0.25, -0.2) is 4.79 Å². The molecule has 0 unspecified atom stereocenters. The van der Waals surface area contributed by atoms with Gasteiger partial charge in [0, 0.05) is 32.7 Å². The molecule has 1 heterocycles. The summed E-state index contributed by atoms with van der Waals surface area (Å²) < 4.78 is 23.1. The van der Waals surface area contributed by atoms with E-state index in [0.29, 0.717) is 26.2 Å². The minimum absolute atomic E-state index is 0.172. The first-order chi connectivity index (χ1) is 21.5. The minimum Gasteiger partial charge on any atom is -0.461 e. The van der Waals surface area contributed by atoms with Crippen molar-refractivity contribution in [2.45, 2.75) is 143 Å². The Morgan fingerprint density at radius 1 is 0.773 bits per heavy atom. The molecule has 1 aromatic carbocycles.